The van der Waals surface area contributed by atoms with Gasteiger partial charge in [-0.15, -0.1) is 0 Å². The predicted octanol–water partition coefficient (Wildman–Crippen LogP) is 4.56. The van der Waals surface area contributed by atoms with E-state index in [1.165, 1.54) is 5.56 Å². The van der Waals surface area contributed by atoms with E-state index in [4.69, 9.17) is 4.74 Å². The van der Waals surface area contributed by atoms with Gasteiger partial charge in [0.15, 0.2) is 0 Å². The minimum atomic E-state index is -0.0160. The Morgan fingerprint density at radius 1 is 1.00 bits per heavy atom. The second-order valence-corrected chi connectivity index (χ2v) is 6.63. The van der Waals surface area contributed by atoms with Crippen molar-refractivity contribution in [2.75, 3.05) is 11.9 Å². The van der Waals surface area contributed by atoms with Crippen molar-refractivity contribution < 1.29 is 9.53 Å². The van der Waals surface area contributed by atoms with E-state index < -0.39 is 0 Å². The van der Waals surface area contributed by atoms with Crippen molar-refractivity contribution >= 4 is 11.6 Å². The normalized spacial score (nSPS) is 11.1. The van der Waals surface area contributed by atoms with Gasteiger partial charge < -0.3 is 10.1 Å². The number of nitrogens with one attached hydrogen (secondary N) is 1. The monoisotopic (exact) mass is 311 g/mol. The first-order chi connectivity index (χ1) is 10.9. The lowest BCUT2D eigenvalue weighted by Crippen LogP contribution is -2.15. The third-order valence-corrected chi connectivity index (χ3v) is 3.63. The van der Waals surface area contributed by atoms with E-state index in [1.54, 1.807) is 0 Å². The van der Waals surface area contributed by atoms with Crippen molar-refractivity contribution in [3.05, 3.63) is 59.7 Å². The van der Waals surface area contributed by atoms with Gasteiger partial charge in [-0.2, -0.15) is 0 Å². The molecule has 0 atom stereocenters. The van der Waals surface area contributed by atoms with Crippen LogP contribution in [-0.2, 0) is 16.6 Å². The smallest absolute Gasteiger partial charge is 0.228 e. The fourth-order valence-electron chi connectivity index (χ4n) is 2.31. The molecule has 0 saturated carbocycles. The minimum absolute atomic E-state index is 0.0160. The van der Waals surface area contributed by atoms with Crippen LogP contribution in [0.15, 0.2) is 48.5 Å². The molecule has 2 aromatic rings. The summed E-state index contributed by atoms with van der Waals surface area (Å²) >= 11 is 0. The lowest BCUT2D eigenvalue weighted by molar-refractivity contribution is -0.115. The second-order valence-electron chi connectivity index (χ2n) is 6.63. The number of amides is 1. The van der Waals surface area contributed by atoms with Crippen LogP contribution in [0.1, 0.15) is 38.8 Å². The van der Waals surface area contributed by atoms with Crippen molar-refractivity contribution in [3.8, 4) is 5.75 Å². The van der Waals surface area contributed by atoms with Gasteiger partial charge in [-0.3, -0.25) is 4.79 Å². The maximum absolute atomic E-state index is 12.1. The Morgan fingerprint density at radius 2 is 1.61 bits per heavy atom. The molecule has 2 aromatic carbocycles. The summed E-state index contributed by atoms with van der Waals surface area (Å²) in [6.07, 6.45) is 0.355. The van der Waals surface area contributed by atoms with Crippen LogP contribution in [0.3, 0.4) is 0 Å². The van der Waals surface area contributed by atoms with E-state index >= 15 is 0 Å². The SMILES string of the molecule is CCOc1ccc(CC(=O)Nc2ccc(C(C)(C)C)cc2)cc1. The van der Waals surface area contributed by atoms with Gasteiger partial charge >= 0.3 is 0 Å². The fraction of sp³-hybridized carbons (Fsp3) is 0.350. The lowest BCUT2D eigenvalue weighted by Gasteiger charge is -2.19. The van der Waals surface area contributed by atoms with Crippen LogP contribution >= 0.6 is 0 Å². The fourth-order valence-corrected chi connectivity index (χ4v) is 2.31. The molecular formula is C20H25NO2. The van der Waals surface area contributed by atoms with E-state index in [-0.39, 0.29) is 11.3 Å². The summed E-state index contributed by atoms with van der Waals surface area (Å²) in [6.45, 7) is 9.11. The molecule has 3 heteroatoms. The quantitative estimate of drug-likeness (QED) is 0.879. The van der Waals surface area contributed by atoms with Gasteiger partial charge in [0.2, 0.25) is 5.91 Å². The van der Waals surface area contributed by atoms with Gasteiger partial charge in [0, 0.05) is 5.69 Å². The molecule has 1 N–H and O–H groups in total. The Kier molecular flexibility index (Phi) is 5.43. The van der Waals surface area contributed by atoms with E-state index in [1.807, 2.05) is 43.3 Å². The summed E-state index contributed by atoms with van der Waals surface area (Å²) in [6, 6.07) is 15.7. The molecule has 2 rings (SSSR count). The van der Waals surface area contributed by atoms with Crippen molar-refractivity contribution in [1.82, 2.24) is 0 Å². The van der Waals surface area contributed by atoms with Gasteiger partial charge in [0.1, 0.15) is 5.75 Å². The molecule has 0 fully saturated rings. The molecule has 0 spiro atoms. The highest BCUT2D eigenvalue weighted by molar-refractivity contribution is 5.92. The second kappa shape index (κ2) is 7.32. The molecule has 0 aliphatic heterocycles. The number of hydrogen-bond acceptors (Lipinski definition) is 2. The standard InChI is InChI=1S/C20H25NO2/c1-5-23-18-12-6-15(7-13-18)14-19(22)21-17-10-8-16(9-11-17)20(2,3)4/h6-13H,5,14H2,1-4H3,(H,21,22). The maximum Gasteiger partial charge on any atom is 0.228 e. The molecule has 0 aromatic heterocycles. The van der Waals surface area contributed by atoms with Crippen molar-refractivity contribution in [1.29, 1.82) is 0 Å². The van der Waals surface area contributed by atoms with Gasteiger partial charge in [-0.05, 0) is 47.7 Å². The molecule has 1 amide bonds. The Balaban J connectivity index is 1.94. The molecular weight excluding hydrogens is 286 g/mol. The van der Waals surface area contributed by atoms with Gasteiger partial charge in [0.25, 0.3) is 0 Å². The van der Waals surface area contributed by atoms with Crippen LogP contribution in [0.25, 0.3) is 0 Å². The van der Waals surface area contributed by atoms with E-state index in [9.17, 15) is 4.79 Å². The Labute approximate surface area is 138 Å². The lowest BCUT2D eigenvalue weighted by atomic mass is 9.87. The summed E-state index contributed by atoms with van der Waals surface area (Å²) in [4.78, 5) is 12.1. The van der Waals surface area contributed by atoms with Crippen molar-refractivity contribution in [3.63, 3.8) is 0 Å². The summed E-state index contributed by atoms with van der Waals surface area (Å²) in [5, 5.41) is 2.94. The Morgan fingerprint density at radius 3 is 2.13 bits per heavy atom. The third kappa shape index (κ3) is 5.13. The Hall–Kier alpha value is -2.29. The molecule has 0 aliphatic rings. The summed E-state index contributed by atoms with van der Waals surface area (Å²) in [5.74, 6) is 0.812. The molecule has 23 heavy (non-hydrogen) atoms. The highest BCUT2D eigenvalue weighted by atomic mass is 16.5. The van der Waals surface area contributed by atoms with E-state index in [2.05, 4.69) is 38.2 Å². The number of ether oxygens (including phenoxy) is 1. The van der Waals surface area contributed by atoms with Crippen LogP contribution in [-0.4, -0.2) is 12.5 Å². The summed E-state index contributed by atoms with van der Waals surface area (Å²) < 4.78 is 5.40. The van der Waals surface area contributed by atoms with Crippen molar-refractivity contribution in [2.24, 2.45) is 0 Å². The zero-order valence-electron chi connectivity index (χ0n) is 14.3. The number of anilines is 1. The maximum atomic E-state index is 12.1. The number of rotatable bonds is 5. The average molecular weight is 311 g/mol. The first-order valence-corrected chi connectivity index (χ1v) is 8.00. The molecule has 3 nitrogen and oxygen atoms in total. The number of carbonyl (C=O) groups excluding carboxylic acids is 1. The average Bonchev–Trinajstić information content (AvgIpc) is 2.49. The van der Waals surface area contributed by atoms with Gasteiger partial charge in [-0.1, -0.05) is 45.0 Å². The van der Waals surface area contributed by atoms with E-state index in [0.717, 1.165) is 17.0 Å². The van der Waals surface area contributed by atoms with Crippen molar-refractivity contribution in [2.45, 2.75) is 39.5 Å². The minimum Gasteiger partial charge on any atom is -0.494 e. The van der Waals surface area contributed by atoms with Crippen LogP contribution in [0.4, 0.5) is 5.69 Å². The first-order valence-electron chi connectivity index (χ1n) is 8.00. The molecule has 0 aliphatic carbocycles. The number of carbonyl (C=O) groups is 1. The van der Waals surface area contributed by atoms with Crippen LogP contribution < -0.4 is 10.1 Å². The summed E-state index contributed by atoms with van der Waals surface area (Å²) in [5.41, 5.74) is 3.17. The topological polar surface area (TPSA) is 38.3 Å². The predicted molar refractivity (Wildman–Crippen MR) is 95.1 cm³/mol. The Bertz CT molecular complexity index is 637. The number of hydrogen-bond donors (Lipinski definition) is 1. The van der Waals surface area contributed by atoms with Gasteiger partial charge in [-0.25, -0.2) is 0 Å². The van der Waals surface area contributed by atoms with Gasteiger partial charge in [0.05, 0.1) is 13.0 Å². The number of benzene rings is 2. The molecule has 0 radical (unpaired) electrons. The summed E-state index contributed by atoms with van der Waals surface area (Å²) in [7, 11) is 0. The molecule has 122 valence electrons. The largest absolute Gasteiger partial charge is 0.494 e. The zero-order chi connectivity index (χ0) is 16.9. The van der Waals surface area contributed by atoms with E-state index in [0.29, 0.717) is 13.0 Å². The highest BCUT2D eigenvalue weighted by Gasteiger charge is 2.13. The van der Waals surface area contributed by atoms with Crippen LogP contribution in [0.5, 0.6) is 5.75 Å². The zero-order valence-corrected chi connectivity index (χ0v) is 14.3. The first kappa shape index (κ1) is 17.1. The molecule has 0 unspecified atom stereocenters. The molecule has 0 heterocycles. The third-order valence-electron chi connectivity index (χ3n) is 3.63. The van der Waals surface area contributed by atoms with Crippen LogP contribution in [0.2, 0.25) is 0 Å². The van der Waals surface area contributed by atoms with Crippen LogP contribution in [0, 0.1) is 0 Å². The molecule has 0 bridgehead atoms. The highest BCUT2D eigenvalue weighted by Crippen LogP contribution is 2.23. The molecule has 0 saturated heterocycles.